The molecular weight excluding hydrogens is 556 g/mol. The number of carbonyl (C=O) groups excluding carboxylic acids is 3. The normalized spacial score (nSPS) is 19.1. The number of benzene rings is 2. The van der Waals surface area contributed by atoms with Gasteiger partial charge in [0.15, 0.2) is 5.13 Å². The molecule has 1 amide bonds. The Morgan fingerprint density at radius 3 is 2.74 bits per heavy atom. The number of aromatic nitrogens is 1. The summed E-state index contributed by atoms with van der Waals surface area (Å²) in [4.78, 5) is 45.8. The summed E-state index contributed by atoms with van der Waals surface area (Å²) < 4.78 is 16.9. The van der Waals surface area contributed by atoms with Crippen LogP contribution in [0, 0.1) is 6.92 Å². The monoisotopic (exact) mass is 590 g/mol. The van der Waals surface area contributed by atoms with Gasteiger partial charge in [0.05, 0.1) is 30.5 Å². The van der Waals surface area contributed by atoms with Gasteiger partial charge >= 0.3 is 11.9 Å². The number of aliphatic hydroxyl groups excluding tert-OH is 1. The first-order valence-corrected chi connectivity index (χ1v) is 15.0. The fourth-order valence-corrected chi connectivity index (χ4v) is 6.25. The molecular formula is C32H34N2O7S. The quantitative estimate of drug-likeness (QED) is 0.0984. The number of rotatable bonds is 10. The van der Waals surface area contributed by atoms with Gasteiger partial charge < -0.3 is 19.3 Å². The van der Waals surface area contributed by atoms with Gasteiger partial charge in [-0.05, 0) is 68.7 Å². The predicted octanol–water partition coefficient (Wildman–Crippen LogP) is 6.15. The molecule has 2 unspecified atom stereocenters. The number of esters is 1. The summed E-state index contributed by atoms with van der Waals surface area (Å²) in [6.07, 6.45) is 3.67. The van der Waals surface area contributed by atoms with Crippen LogP contribution in [-0.4, -0.2) is 47.1 Å². The second-order valence-corrected chi connectivity index (χ2v) is 11.4. The second kappa shape index (κ2) is 12.4. The van der Waals surface area contributed by atoms with Gasteiger partial charge in [-0.1, -0.05) is 43.2 Å². The number of hydrogen-bond acceptors (Lipinski definition) is 9. The molecule has 1 aromatic heterocycles. The molecule has 2 aromatic carbocycles. The first-order chi connectivity index (χ1) is 20.2. The number of aliphatic hydroxyl groups is 1. The van der Waals surface area contributed by atoms with Gasteiger partial charge in [0.2, 0.25) is 0 Å². The Morgan fingerprint density at radius 1 is 1.17 bits per heavy atom. The highest BCUT2D eigenvalue weighted by Crippen LogP contribution is 2.45. The van der Waals surface area contributed by atoms with Crippen molar-refractivity contribution in [1.82, 2.24) is 4.98 Å². The van der Waals surface area contributed by atoms with Crippen molar-refractivity contribution in [1.29, 1.82) is 0 Å². The van der Waals surface area contributed by atoms with Crippen molar-refractivity contribution in [2.75, 3.05) is 18.1 Å². The van der Waals surface area contributed by atoms with Crippen LogP contribution in [0.5, 0.6) is 11.5 Å². The standard InChI is InChI=1S/C32H34N2O7S/c1-5-7-8-14-40-23-11-9-10-20(17-23)26-25(27(35)21-12-13-24-22(16-21)15-18(3)41-24)28(36)30(37)34(26)32-33-19(4)29(42-32)31(38)39-6-2/h9-13,16-18,26,35H,5-8,14-15H2,1-4H3/b27-25+. The molecule has 0 bridgehead atoms. The van der Waals surface area contributed by atoms with E-state index in [9.17, 15) is 19.5 Å². The molecule has 5 rings (SSSR count). The van der Waals surface area contributed by atoms with Gasteiger partial charge in [-0.15, -0.1) is 0 Å². The largest absolute Gasteiger partial charge is 0.507 e. The fourth-order valence-electron chi connectivity index (χ4n) is 5.26. The van der Waals surface area contributed by atoms with Gasteiger partial charge in [-0.2, -0.15) is 0 Å². The SMILES string of the molecule is CCCCCOc1cccc(C2/C(=C(\O)c3ccc4c(c3)CC(C)O4)C(=O)C(=O)N2c2nc(C)c(C(=O)OCC)s2)c1. The van der Waals surface area contributed by atoms with Crippen molar-refractivity contribution in [3.05, 3.63) is 75.3 Å². The van der Waals surface area contributed by atoms with E-state index in [1.807, 2.05) is 13.0 Å². The van der Waals surface area contributed by atoms with Crippen LogP contribution in [0.3, 0.4) is 0 Å². The van der Waals surface area contributed by atoms with Crippen molar-refractivity contribution in [3.63, 3.8) is 0 Å². The van der Waals surface area contributed by atoms with Crippen LogP contribution in [0.2, 0.25) is 0 Å². The van der Waals surface area contributed by atoms with Crippen molar-refractivity contribution < 1.29 is 33.7 Å². The first kappa shape index (κ1) is 29.3. The smallest absolute Gasteiger partial charge is 0.350 e. The molecule has 2 aliphatic rings. The second-order valence-electron chi connectivity index (χ2n) is 10.4. The van der Waals surface area contributed by atoms with Crippen LogP contribution in [0.1, 0.15) is 78.1 Å². The zero-order chi connectivity index (χ0) is 30.0. The van der Waals surface area contributed by atoms with Gasteiger partial charge in [0.25, 0.3) is 5.78 Å². The molecule has 0 aliphatic carbocycles. The van der Waals surface area contributed by atoms with Crippen LogP contribution in [-0.2, 0) is 20.7 Å². The highest BCUT2D eigenvalue weighted by molar-refractivity contribution is 7.17. The molecule has 220 valence electrons. The fraction of sp³-hybridized carbons (Fsp3) is 0.375. The van der Waals surface area contributed by atoms with Crippen LogP contribution in [0.4, 0.5) is 5.13 Å². The molecule has 3 aromatic rings. The van der Waals surface area contributed by atoms with E-state index in [0.717, 1.165) is 41.9 Å². The molecule has 9 nitrogen and oxygen atoms in total. The lowest BCUT2D eigenvalue weighted by atomic mass is 9.94. The van der Waals surface area contributed by atoms with Gasteiger partial charge in [-0.25, -0.2) is 9.78 Å². The zero-order valence-corrected chi connectivity index (χ0v) is 25.0. The lowest BCUT2D eigenvalue weighted by Crippen LogP contribution is -2.29. The van der Waals surface area contributed by atoms with Crippen LogP contribution in [0.25, 0.3) is 5.76 Å². The number of Topliss-reactive ketones (excluding diaryl/α,β-unsaturated/α-hetero) is 1. The number of thiazole rings is 1. The third-order valence-corrected chi connectivity index (χ3v) is 8.39. The Balaban J connectivity index is 1.62. The minimum Gasteiger partial charge on any atom is -0.507 e. The van der Waals surface area contributed by atoms with Crippen molar-refractivity contribution in [2.24, 2.45) is 0 Å². The molecule has 1 fully saturated rings. The molecule has 10 heteroatoms. The highest BCUT2D eigenvalue weighted by Gasteiger charge is 2.48. The van der Waals surface area contributed by atoms with E-state index in [0.29, 0.717) is 35.6 Å². The number of hydrogen-bond donors (Lipinski definition) is 1. The number of fused-ring (bicyclic) bond motifs is 1. The molecule has 42 heavy (non-hydrogen) atoms. The molecule has 1 saturated heterocycles. The van der Waals surface area contributed by atoms with Gasteiger partial charge in [0.1, 0.15) is 28.2 Å². The average molecular weight is 591 g/mol. The Morgan fingerprint density at radius 2 is 1.98 bits per heavy atom. The van der Waals surface area contributed by atoms with E-state index in [4.69, 9.17) is 14.2 Å². The highest BCUT2D eigenvalue weighted by atomic mass is 32.1. The lowest BCUT2D eigenvalue weighted by molar-refractivity contribution is -0.132. The maximum Gasteiger partial charge on any atom is 0.350 e. The third kappa shape index (κ3) is 5.63. The van der Waals surface area contributed by atoms with E-state index < -0.39 is 23.7 Å². The summed E-state index contributed by atoms with van der Waals surface area (Å²) in [5.41, 5.74) is 2.20. The minimum atomic E-state index is -1.01. The molecule has 1 N–H and O–H groups in total. The first-order valence-electron chi connectivity index (χ1n) is 14.2. The van der Waals surface area contributed by atoms with Crippen molar-refractivity contribution in [2.45, 2.75) is 65.5 Å². The zero-order valence-electron chi connectivity index (χ0n) is 24.1. The van der Waals surface area contributed by atoms with E-state index in [-0.39, 0.29) is 34.1 Å². The number of nitrogens with zero attached hydrogens (tertiary/aromatic N) is 2. The van der Waals surface area contributed by atoms with Gasteiger partial charge in [-0.3, -0.25) is 14.5 Å². The summed E-state index contributed by atoms with van der Waals surface area (Å²) >= 11 is 0.974. The number of ketones is 1. The Bertz CT molecular complexity index is 1560. The van der Waals surface area contributed by atoms with E-state index in [1.165, 1.54) is 4.90 Å². The molecule has 2 aliphatic heterocycles. The predicted molar refractivity (Wildman–Crippen MR) is 159 cm³/mol. The minimum absolute atomic E-state index is 0.00442. The van der Waals surface area contributed by atoms with E-state index in [1.54, 1.807) is 50.2 Å². The lowest BCUT2D eigenvalue weighted by Gasteiger charge is -2.23. The van der Waals surface area contributed by atoms with E-state index >= 15 is 0 Å². The molecule has 0 saturated carbocycles. The number of unbranched alkanes of at least 4 members (excludes halogenated alkanes) is 2. The summed E-state index contributed by atoms with van der Waals surface area (Å²) in [5.74, 6) is -1.23. The maximum atomic E-state index is 13.7. The summed E-state index contributed by atoms with van der Waals surface area (Å²) in [7, 11) is 0. The maximum absolute atomic E-state index is 13.7. The summed E-state index contributed by atoms with van der Waals surface area (Å²) in [5, 5.41) is 11.8. The van der Waals surface area contributed by atoms with Crippen molar-refractivity contribution in [3.8, 4) is 11.5 Å². The number of amides is 1. The average Bonchev–Trinajstić information content (AvgIpc) is 3.62. The summed E-state index contributed by atoms with van der Waals surface area (Å²) in [6.45, 7) is 8.15. The van der Waals surface area contributed by atoms with Crippen LogP contribution in [0.15, 0.2) is 48.0 Å². The van der Waals surface area contributed by atoms with Crippen LogP contribution >= 0.6 is 11.3 Å². The Hall–Kier alpha value is -4.18. The number of carbonyl (C=O) groups is 3. The number of aryl methyl sites for hydroxylation is 1. The molecule has 3 heterocycles. The Labute approximate surface area is 248 Å². The summed E-state index contributed by atoms with van der Waals surface area (Å²) in [6, 6.07) is 11.4. The number of ether oxygens (including phenoxy) is 3. The molecule has 2 atom stereocenters. The number of anilines is 1. The van der Waals surface area contributed by atoms with Crippen LogP contribution < -0.4 is 14.4 Å². The molecule has 0 radical (unpaired) electrons. The topological polar surface area (TPSA) is 115 Å². The van der Waals surface area contributed by atoms with Crippen molar-refractivity contribution >= 4 is 39.9 Å². The molecule has 0 spiro atoms. The Kier molecular flexibility index (Phi) is 8.63. The van der Waals surface area contributed by atoms with Gasteiger partial charge in [0, 0.05) is 12.0 Å². The van der Waals surface area contributed by atoms with E-state index in [2.05, 4.69) is 11.9 Å². The third-order valence-electron chi connectivity index (χ3n) is 7.26.